The first kappa shape index (κ1) is 24.8. The van der Waals surface area contributed by atoms with Crippen LogP contribution in [-0.4, -0.2) is 0 Å². The molecule has 4 heteroatoms. The standard InChI is InChI=1S/C34H32S4/c1-2-3-4-5-6-7-8-12-15-25-16-23-19-31-27(20-29(23)35-25)34-33(37-31)26-17-24-18-28(22-13-10-9-11-14-22)36-30(24)21-32(26)38-34/h9-11,13-14,16-21H,2-8,12,15H2,1H3. The van der Waals surface area contributed by atoms with E-state index in [4.69, 9.17) is 0 Å². The molecule has 0 atom stereocenters. The van der Waals surface area contributed by atoms with Crippen molar-refractivity contribution in [3.05, 3.63) is 71.6 Å². The second-order valence-electron chi connectivity index (χ2n) is 10.5. The maximum atomic E-state index is 2.48. The molecule has 0 radical (unpaired) electrons. The van der Waals surface area contributed by atoms with Gasteiger partial charge in [-0.3, -0.25) is 0 Å². The van der Waals surface area contributed by atoms with E-state index in [1.807, 2.05) is 45.3 Å². The average molecular weight is 569 g/mol. The Morgan fingerprint density at radius 3 is 1.97 bits per heavy atom. The average Bonchev–Trinajstić information content (AvgIpc) is 3.69. The Morgan fingerprint density at radius 2 is 1.18 bits per heavy atom. The fourth-order valence-electron chi connectivity index (χ4n) is 5.68. The van der Waals surface area contributed by atoms with Crippen molar-refractivity contribution < 1.29 is 0 Å². The van der Waals surface area contributed by atoms with E-state index >= 15 is 0 Å². The van der Waals surface area contributed by atoms with E-state index in [2.05, 4.69) is 73.7 Å². The molecule has 0 bridgehead atoms. The molecule has 3 aromatic carbocycles. The van der Waals surface area contributed by atoms with Crippen molar-refractivity contribution in [1.82, 2.24) is 0 Å². The van der Waals surface area contributed by atoms with E-state index in [9.17, 15) is 0 Å². The highest BCUT2D eigenvalue weighted by Crippen LogP contribution is 2.48. The van der Waals surface area contributed by atoms with Crippen LogP contribution in [0.5, 0.6) is 0 Å². The summed E-state index contributed by atoms with van der Waals surface area (Å²) >= 11 is 7.90. The van der Waals surface area contributed by atoms with Gasteiger partial charge in [0.1, 0.15) is 0 Å². The van der Waals surface area contributed by atoms with Crippen molar-refractivity contribution in [3.63, 3.8) is 0 Å². The molecule has 0 aliphatic rings. The minimum absolute atomic E-state index is 1.24. The SMILES string of the molecule is CCCCCCCCCCc1cc2cc3sc4c5cc6cc(-c7ccccc7)sc6cc5sc4c3cc2s1. The van der Waals surface area contributed by atoms with Gasteiger partial charge in [-0.15, -0.1) is 45.3 Å². The van der Waals surface area contributed by atoms with E-state index in [0.29, 0.717) is 0 Å². The number of unbranched alkanes of at least 4 members (excludes halogenated alkanes) is 7. The molecule has 0 saturated heterocycles. The number of hydrogen-bond acceptors (Lipinski definition) is 4. The molecule has 4 aromatic heterocycles. The van der Waals surface area contributed by atoms with Crippen LogP contribution in [0.2, 0.25) is 0 Å². The molecule has 0 spiro atoms. The Hall–Kier alpha value is -2.24. The van der Waals surface area contributed by atoms with Gasteiger partial charge < -0.3 is 0 Å². The molecule has 7 rings (SSSR count). The third kappa shape index (κ3) is 4.70. The van der Waals surface area contributed by atoms with Gasteiger partial charge in [-0.1, -0.05) is 82.2 Å². The van der Waals surface area contributed by atoms with Crippen molar-refractivity contribution in [2.45, 2.75) is 64.7 Å². The third-order valence-corrected chi connectivity index (χ3v) is 12.5. The van der Waals surface area contributed by atoms with E-state index in [1.165, 1.54) is 118 Å². The Balaban J connectivity index is 1.14. The van der Waals surface area contributed by atoms with Crippen LogP contribution in [0.4, 0.5) is 0 Å². The van der Waals surface area contributed by atoms with E-state index in [-0.39, 0.29) is 0 Å². The fraction of sp³-hybridized carbons (Fsp3) is 0.294. The molecule has 7 aromatic rings. The Bertz CT molecular complexity index is 1860. The molecule has 0 aliphatic heterocycles. The van der Waals surface area contributed by atoms with Crippen molar-refractivity contribution >= 4 is 95.1 Å². The van der Waals surface area contributed by atoms with Gasteiger partial charge in [-0.2, -0.15) is 0 Å². The fourth-order valence-corrected chi connectivity index (χ4v) is 10.7. The lowest BCUT2D eigenvalue weighted by molar-refractivity contribution is 0.576. The predicted molar refractivity (Wildman–Crippen MR) is 177 cm³/mol. The topological polar surface area (TPSA) is 0 Å². The van der Waals surface area contributed by atoms with Crippen LogP contribution in [0.25, 0.3) is 60.2 Å². The van der Waals surface area contributed by atoms with Crippen LogP contribution in [-0.2, 0) is 6.42 Å². The highest BCUT2D eigenvalue weighted by atomic mass is 32.1. The summed E-state index contributed by atoms with van der Waals surface area (Å²) in [5.41, 5.74) is 1.31. The summed E-state index contributed by atoms with van der Waals surface area (Å²) in [5, 5.41) is 5.68. The maximum absolute atomic E-state index is 2.48. The summed E-state index contributed by atoms with van der Waals surface area (Å²) < 4.78 is 8.64. The van der Waals surface area contributed by atoms with Crippen LogP contribution >= 0.6 is 45.3 Å². The molecular formula is C34H32S4. The van der Waals surface area contributed by atoms with E-state index < -0.39 is 0 Å². The molecule has 0 unspecified atom stereocenters. The lowest BCUT2D eigenvalue weighted by atomic mass is 10.1. The van der Waals surface area contributed by atoms with Gasteiger partial charge in [0.05, 0.1) is 9.40 Å². The van der Waals surface area contributed by atoms with Gasteiger partial charge in [0, 0.05) is 39.3 Å². The Kier molecular flexibility index (Phi) is 7.00. The third-order valence-electron chi connectivity index (χ3n) is 7.74. The van der Waals surface area contributed by atoms with Crippen molar-refractivity contribution in [2.75, 3.05) is 0 Å². The predicted octanol–water partition coefficient (Wildman–Crippen LogP) is 13.0. The maximum Gasteiger partial charge on any atom is 0.0542 e. The molecule has 0 fully saturated rings. The number of rotatable bonds is 10. The Labute approximate surface area is 240 Å². The highest BCUT2D eigenvalue weighted by molar-refractivity contribution is 7.37. The van der Waals surface area contributed by atoms with Crippen molar-refractivity contribution in [3.8, 4) is 10.4 Å². The minimum atomic E-state index is 1.24. The molecular weight excluding hydrogens is 537 g/mol. The van der Waals surface area contributed by atoms with Gasteiger partial charge >= 0.3 is 0 Å². The molecule has 192 valence electrons. The molecule has 0 amide bonds. The number of fused-ring (bicyclic) bond motifs is 7. The van der Waals surface area contributed by atoms with Gasteiger partial charge in [0.25, 0.3) is 0 Å². The van der Waals surface area contributed by atoms with Crippen LogP contribution in [0.3, 0.4) is 0 Å². The van der Waals surface area contributed by atoms with E-state index in [1.54, 1.807) is 4.88 Å². The first-order valence-corrected chi connectivity index (χ1v) is 17.3. The number of benzene rings is 3. The smallest absolute Gasteiger partial charge is 0.0542 e. The molecule has 0 aliphatic carbocycles. The minimum Gasteiger partial charge on any atom is -0.140 e. The van der Waals surface area contributed by atoms with Crippen LogP contribution < -0.4 is 0 Å². The largest absolute Gasteiger partial charge is 0.140 e. The van der Waals surface area contributed by atoms with Gasteiger partial charge in [-0.25, -0.2) is 0 Å². The summed E-state index contributed by atoms with van der Waals surface area (Å²) in [6, 6.07) is 25.4. The van der Waals surface area contributed by atoms with Crippen LogP contribution in [0, 0.1) is 0 Å². The summed E-state index contributed by atoms with van der Waals surface area (Å²) in [6.07, 6.45) is 12.4. The summed E-state index contributed by atoms with van der Waals surface area (Å²) in [6.45, 7) is 2.29. The zero-order valence-electron chi connectivity index (χ0n) is 21.8. The molecule has 38 heavy (non-hydrogen) atoms. The lowest BCUT2D eigenvalue weighted by Gasteiger charge is -2.00. The van der Waals surface area contributed by atoms with Crippen LogP contribution in [0.1, 0.15) is 63.2 Å². The van der Waals surface area contributed by atoms with Gasteiger partial charge in [0.2, 0.25) is 0 Å². The molecule has 0 nitrogen and oxygen atoms in total. The van der Waals surface area contributed by atoms with Crippen LogP contribution in [0.15, 0.2) is 66.7 Å². The quantitative estimate of drug-likeness (QED) is 0.144. The summed E-state index contributed by atoms with van der Waals surface area (Å²) in [4.78, 5) is 2.92. The molecule has 4 heterocycles. The summed E-state index contributed by atoms with van der Waals surface area (Å²) in [7, 11) is 0. The molecule has 0 N–H and O–H groups in total. The lowest BCUT2D eigenvalue weighted by Crippen LogP contribution is -1.83. The summed E-state index contributed by atoms with van der Waals surface area (Å²) in [5.74, 6) is 0. The normalized spacial score (nSPS) is 12.2. The highest BCUT2D eigenvalue weighted by Gasteiger charge is 2.16. The Morgan fingerprint density at radius 1 is 0.526 bits per heavy atom. The number of hydrogen-bond donors (Lipinski definition) is 0. The number of aryl methyl sites for hydroxylation is 1. The molecule has 0 saturated carbocycles. The van der Waals surface area contributed by atoms with Gasteiger partial charge in [0.15, 0.2) is 0 Å². The number of thiophene rings is 4. The zero-order valence-corrected chi connectivity index (χ0v) is 25.1. The van der Waals surface area contributed by atoms with Crippen molar-refractivity contribution in [1.29, 1.82) is 0 Å². The van der Waals surface area contributed by atoms with E-state index in [0.717, 1.165) is 0 Å². The monoisotopic (exact) mass is 568 g/mol. The second-order valence-corrected chi connectivity index (χ2v) is 14.9. The first-order chi connectivity index (χ1) is 18.8. The zero-order chi connectivity index (χ0) is 25.5. The second kappa shape index (κ2) is 10.7. The van der Waals surface area contributed by atoms with Gasteiger partial charge in [-0.05, 0) is 65.6 Å². The first-order valence-electron chi connectivity index (χ1n) is 14.1. The van der Waals surface area contributed by atoms with Crippen molar-refractivity contribution in [2.24, 2.45) is 0 Å².